The number of halogens is 1. The topological polar surface area (TPSA) is 84.2 Å². The van der Waals surface area contributed by atoms with Crippen LogP contribution in [0.5, 0.6) is 5.75 Å². The molecule has 0 amide bonds. The molecule has 3 aromatic carbocycles. The Kier molecular flexibility index (Phi) is 8.18. The maximum Gasteiger partial charge on any atom is 0.182 e. The molecular formula is C26H25ClN2O4S2. The lowest BCUT2D eigenvalue weighted by atomic mass is 10.1. The fourth-order valence-electron chi connectivity index (χ4n) is 3.69. The molecule has 4 rings (SSSR count). The predicted molar refractivity (Wildman–Crippen MR) is 139 cm³/mol. The Balaban J connectivity index is 1.54. The van der Waals surface area contributed by atoms with E-state index in [1.54, 1.807) is 80.3 Å². The summed E-state index contributed by atoms with van der Waals surface area (Å²) in [4.78, 5) is 4.31. The van der Waals surface area contributed by atoms with Crippen molar-refractivity contribution in [1.82, 2.24) is 9.55 Å². The van der Waals surface area contributed by atoms with Gasteiger partial charge in [0.1, 0.15) is 11.5 Å². The van der Waals surface area contributed by atoms with Crippen molar-refractivity contribution in [2.75, 3.05) is 7.11 Å². The second kappa shape index (κ2) is 11.3. The third kappa shape index (κ3) is 6.67. The van der Waals surface area contributed by atoms with Gasteiger partial charge in [-0.15, -0.1) is 0 Å². The van der Waals surface area contributed by atoms with Crippen LogP contribution in [0.15, 0.2) is 96.4 Å². The fourth-order valence-corrected chi connectivity index (χ4v) is 6.68. The quantitative estimate of drug-likeness (QED) is 0.264. The molecule has 182 valence electrons. The van der Waals surface area contributed by atoms with Gasteiger partial charge in [-0.3, -0.25) is 0 Å². The molecule has 0 aliphatic carbocycles. The molecule has 2 unspecified atom stereocenters. The minimum absolute atomic E-state index is 0.114. The Hall–Kier alpha value is -2.78. The predicted octanol–water partition coefficient (Wildman–Crippen LogP) is 5.21. The first-order chi connectivity index (χ1) is 16.8. The van der Waals surface area contributed by atoms with Crippen molar-refractivity contribution < 1.29 is 17.7 Å². The summed E-state index contributed by atoms with van der Waals surface area (Å²) in [5, 5.41) is 0.277. The molecule has 1 aromatic heterocycles. The summed E-state index contributed by atoms with van der Waals surface area (Å²) in [5.41, 5.74) is 2.40. The highest BCUT2D eigenvalue weighted by molar-refractivity contribution is 7.91. The van der Waals surface area contributed by atoms with Crippen LogP contribution >= 0.6 is 11.6 Å². The molecule has 6 nitrogen and oxygen atoms in total. The molecule has 0 saturated carbocycles. The minimum atomic E-state index is -3.54. The van der Waals surface area contributed by atoms with Gasteiger partial charge in [0.2, 0.25) is 0 Å². The van der Waals surface area contributed by atoms with Gasteiger partial charge >= 0.3 is 0 Å². The summed E-state index contributed by atoms with van der Waals surface area (Å²) in [6.45, 7) is 0.456. The first-order valence-corrected chi connectivity index (χ1v) is 14.3. The molecule has 2 atom stereocenters. The third-order valence-corrected chi connectivity index (χ3v) is 9.23. The van der Waals surface area contributed by atoms with Crippen molar-refractivity contribution in [2.24, 2.45) is 0 Å². The lowest BCUT2D eigenvalue weighted by Gasteiger charge is -2.23. The van der Waals surface area contributed by atoms with E-state index in [4.69, 9.17) is 16.3 Å². The van der Waals surface area contributed by atoms with Crippen LogP contribution in [-0.4, -0.2) is 29.6 Å². The molecule has 0 fully saturated rings. The van der Waals surface area contributed by atoms with E-state index in [-0.39, 0.29) is 15.9 Å². The van der Waals surface area contributed by atoms with Gasteiger partial charge in [0.15, 0.2) is 15.1 Å². The normalized spacial score (nSPS) is 13.3. The SMILES string of the molecule is COc1ccc(CS(=O)(=O)c2ccc(C(Cn3ccnc3)[S+]([O-])Cc3ccc(Cl)cc3)cc2)cc1. The number of sulfone groups is 1. The zero-order valence-corrected chi connectivity index (χ0v) is 21.5. The van der Waals surface area contributed by atoms with Crippen LogP contribution in [0.4, 0.5) is 0 Å². The van der Waals surface area contributed by atoms with Crippen LogP contribution in [0.25, 0.3) is 0 Å². The van der Waals surface area contributed by atoms with Crippen molar-refractivity contribution in [3.05, 3.63) is 113 Å². The summed E-state index contributed by atoms with van der Waals surface area (Å²) < 4.78 is 46.4. The molecule has 0 spiro atoms. The van der Waals surface area contributed by atoms with E-state index >= 15 is 0 Å². The number of ether oxygens (including phenoxy) is 1. The molecule has 35 heavy (non-hydrogen) atoms. The lowest BCUT2D eigenvalue weighted by molar-refractivity contribution is 0.414. The third-order valence-electron chi connectivity index (χ3n) is 5.60. The number of nitrogens with zero attached hydrogens (tertiary/aromatic N) is 2. The van der Waals surface area contributed by atoms with Crippen molar-refractivity contribution in [3.63, 3.8) is 0 Å². The van der Waals surface area contributed by atoms with Gasteiger partial charge in [0.05, 0.1) is 30.6 Å². The summed E-state index contributed by atoms with van der Waals surface area (Å²) >= 11 is 4.71. The zero-order chi connectivity index (χ0) is 24.8. The number of hydrogen-bond donors (Lipinski definition) is 0. The largest absolute Gasteiger partial charge is 0.616 e. The van der Waals surface area contributed by atoms with E-state index in [1.165, 1.54) is 0 Å². The molecule has 0 saturated heterocycles. The zero-order valence-electron chi connectivity index (χ0n) is 19.1. The van der Waals surface area contributed by atoms with Crippen molar-refractivity contribution >= 4 is 32.6 Å². The van der Waals surface area contributed by atoms with Gasteiger partial charge < -0.3 is 13.9 Å². The summed E-state index contributed by atoms with van der Waals surface area (Å²) in [5.74, 6) is 0.914. The Labute approximate surface area is 213 Å². The van der Waals surface area contributed by atoms with Crippen molar-refractivity contribution in [2.45, 2.75) is 28.2 Å². The Morgan fingerprint density at radius 3 is 2.26 bits per heavy atom. The van der Waals surface area contributed by atoms with Crippen LogP contribution in [0.2, 0.25) is 5.02 Å². The maximum atomic E-state index is 13.4. The summed E-state index contributed by atoms with van der Waals surface area (Å²) in [6.07, 6.45) is 5.17. The molecule has 0 bridgehead atoms. The van der Waals surface area contributed by atoms with E-state index in [9.17, 15) is 13.0 Å². The molecule has 0 aliphatic rings. The fraction of sp³-hybridized carbons (Fsp3) is 0.192. The highest BCUT2D eigenvalue weighted by Crippen LogP contribution is 2.30. The summed E-state index contributed by atoms with van der Waals surface area (Å²) in [7, 11) is -1.98. The monoisotopic (exact) mass is 528 g/mol. The van der Waals surface area contributed by atoms with E-state index in [0.717, 1.165) is 11.1 Å². The van der Waals surface area contributed by atoms with Crippen LogP contribution in [-0.2, 0) is 39.1 Å². The van der Waals surface area contributed by atoms with Crippen molar-refractivity contribution in [1.29, 1.82) is 0 Å². The van der Waals surface area contributed by atoms with Gasteiger partial charge in [-0.25, -0.2) is 13.4 Å². The number of hydrogen-bond acceptors (Lipinski definition) is 5. The highest BCUT2D eigenvalue weighted by Gasteiger charge is 2.26. The molecule has 0 N–H and O–H groups in total. The van der Waals surface area contributed by atoms with Crippen LogP contribution in [0, 0.1) is 0 Å². The van der Waals surface area contributed by atoms with E-state index in [1.807, 2.05) is 22.9 Å². The summed E-state index contributed by atoms with van der Waals surface area (Å²) in [6, 6.07) is 20.9. The molecule has 9 heteroatoms. The average molecular weight is 529 g/mol. The first kappa shape index (κ1) is 25.3. The molecule has 1 heterocycles. The van der Waals surface area contributed by atoms with Gasteiger partial charge in [-0.2, -0.15) is 0 Å². The number of benzene rings is 3. The standard InChI is InChI=1S/C26H25ClN2O4S2/c1-33-24-10-4-21(5-11-24)18-35(31,32)25-12-6-22(7-13-25)26(16-29-15-14-28-19-29)34(30)17-20-2-8-23(27)9-3-20/h2-15,19,26H,16-18H2,1H3. The minimum Gasteiger partial charge on any atom is -0.616 e. The number of methoxy groups -OCH3 is 1. The number of rotatable bonds is 10. The average Bonchev–Trinajstić information content (AvgIpc) is 3.38. The van der Waals surface area contributed by atoms with E-state index in [0.29, 0.717) is 28.6 Å². The van der Waals surface area contributed by atoms with Gasteiger partial charge in [0.25, 0.3) is 0 Å². The molecular weight excluding hydrogens is 504 g/mol. The van der Waals surface area contributed by atoms with Crippen LogP contribution < -0.4 is 4.74 Å². The van der Waals surface area contributed by atoms with Crippen LogP contribution in [0.3, 0.4) is 0 Å². The van der Waals surface area contributed by atoms with Gasteiger partial charge in [-0.05, 0) is 53.1 Å². The maximum absolute atomic E-state index is 13.4. The lowest BCUT2D eigenvalue weighted by Crippen LogP contribution is -2.20. The molecule has 4 aromatic rings. The number of aromatic nitrogens is 2. The van der Waals surface area contributed by atoms with Gasteiger partial charge in [0, 0.05) is 28.5 Å². The van der Waals surface area contributed by atoms with E-state index in [2.05, 4.69) is 4.98 Å². The highest BCUT2D eigenvalue weighted by atomic mass is 35.5. The number of imidazole rings is 1. The smallest absolute Gasteiger partial charge is 0.182 e. The second-order valence-corrected chi connectivity index (χ2v) is 12.1. The Morgan fingerprint density at radius 2 is 1.66 bits per heavy atom. The first-order valence-electron chi connectivity index (χ1n) is 10.9. The van der Waals surface area contributed by atoms with Crippen LogP contribution in [0.1, 0.15) is 21.9 Å². The van der Waals surface area contributed by atoms with E-state index < -0.39 is 21.0 Å². The van der Waals surface area contributed by atoms with Gasteiger partial charge in [-0.1, -0.05) is 48.0 Å². The van der Waals surface area contributed by atoms with Crippen molar-refractivity contribution in [3.8, 4) is 5.75 Å². The second-order valence-electron chi connectivity index (χ2n) is 8.08. The molecule has 0 aliphatic heterocycles. The molecule has 0 radical (unpaired) electrons. The Morgan fingerprint density at radius 1 is 1.00 bits per heavy atom. The Bertz CT molecular complexity index is 1330.